The standard InChI is InChI=1S/C29H29N3O4/c1-21-13-15-25(16-14-21)32-27(33)20-36-28-23(11-6-12-26(28)35-2)18-24(19-30)29(34)31-17-7-10-22-8-4-3-5-9-22/h3-6,8-9,11-16,18H,7,10,17,20H2,1-2H3,(H,31,34)(H,32,33)/b24-18-. The molecule has 0 saturated carbocycles. The van der Waals surface area contributed by atoms with E-state index in [-0.39, 0.29) is 23.8 Å². The minimum Gasteiger partial charge on any atom is -0.493 e. The Balaban J connectivity index is 1.65. The number of carbonyl (C=O) groups excluding carboxylic acids is 2. The molecule has 7 heteroatoms. The Morgan fingerprint density at radius 3 is 2.44 bits per heavy atom. The fourth-order valence-electron chi connectivity index (χ4n) is 3.47. The number of ether oxygens (including phenoxy) is 2. The number of hydrogen-bond donors (Lipinski definition) is 2. The summed E-state index contributed by atoms with van der Waals surface area (Å²) in [4.78, 5) is 25.0. The molecule has 3 rings (SSSR count). The molecule has 0 saturated heterocycles. The van der Waals surface area contributed by atoms with Gasteiger partial charge in [0, 0.05) is 17.8 Å². The third-order valence-corrected chi connectivity index (χ3v) is 5.35. The molecule has 0 fully saturated rings. The number of nitrogens with one attached hydrogen (secondary N) is 2. The van der Waals surface area contributed by atoms with Crippen LogP contribution >= 0.6 is 0 Å². The van der Waals surface area contributed by atoms with Gasteiger partial charge in [-0.2, -0.15) is 5.26 Å². The molecule has 0 aliphatic carbocycles. The molecule has 3 aromatic rings. The Hall–Kier alpha value is -4.57. The molecule has 0 atom stereocenters. The van der Waals surface area contributed by atoms with Crippen LogP contribution in [0.3, 0.4) is 0 Å². The van der Waals surface area contributed by atoms with Gasteiger partial charge < -0.3 is 20.1 Å². The maximum Gasteiger partial charge on any atom is 0.262 e. The van der Waals surface area contributed by atoms with Crippen molar-refractivity contribution in [3.8, 4) is 17.6 Å². The fourth-order valence-corrected chi connectivity index (χ4v) is 3.47. The van der Waals surface area contributed by atoms with Crippen LogP contribution < -0.4 is 20.1 Å². The average Bonchev–Trinajstić information content (AvgIpc) is 2.90. The van der Waals surface area contributed by atoms with E-state index < -0.39 is 5.91 Å². The number of nitrogens with zero attached hydrogens (tertiary/aromatic N) is 1. The third kappa shape index (κ3) is 7.74. The first-order chi connectivity index (χ1) is 17.5. The van der Waals surface area contributed by atoms with Crippen molar-refractivity contribution < 1.29 is 19.1 Å². The lowest BCUT2D eigenvalue weighted by atomic mass is 10.1. The van der Waals surface area contributed by atoms with E-state index in [9.17, 15) is 14.9 Å². The highest BCUT2D eigenvalue weighted by atomic mass is 16.5. The van der Waals surface area contributed by atoms with E-state index in [0.717, 1.165) is 18.4 Å². The minimum absolute atomic E-state index is 0.0723. The van der Waals surface area contributed by atoms with Gasteiger partial charge in [0.1, 0.15) is 11.6 Å². The Bertz CT molecular complexity index is 1250. The van der Waals surface area contributed by atoms with Gasteiger partial charge in [-0.3, -0.25) is 9.59 Å². The van der Waals surface area contributed by atoms with E-state index in [1.165, 1.54) is 18.7 Å². The van der Waals surface area contributed by atoms with Crippen LogP contribution in [0.5, 0.6) is 11.5 Å². The molecule has 7 nitrogen and oxygen atoms in total. The first-order valence-electron chi connectivity index (χ1n) is 11.6. The first-order valence-corrected chi connectivity index (χ1v) is 11.6. The number of amides is 2. The van der Waals surface area contributed by atoms with Crippen molar-refractivity contribution in [1.29, 1.82) is 5.26 Å². The molecule has 36 heavy (non-hydrogen) atoms. The van der Waals surface area contributed by atoms with Crippen LogP contribution in [0.2, 0.25) is 0 Å². The molecule has 0 aromatic heterocycles. The lowest BCUT2D eigenvalue weighted by molar-refractivity contribution is -0.118. The Kier molecular flexibility index (Phi) is 9.66. The van der Waals surface area contributed by atoms with Crippen molar-refractivity contribution in [3.05, 3.63) is 95.1 Å². The van der Waals surface area contributed by atoms with Crippen LogP contribution in [0.1, 0.15) is 23.1 Å². The predicted molar refractivity (Wildman–Crippen MR) is 140 cm³/mol. The summed E-state index contributed by atoms with van der Waals surface area (Å²) >= 11 is 0. The molecule has 3 aromatic carbocycles. The van der Waals surface area contributed by atoms with Gasteiger partial charge in [0.2, 0.25) is 0 Å². The zero-order valence-electron chi connectivity index (χ0n) is 20.4. The lowest BCUT2D eigenvalue weighted by Gasteiger charge is -2.14. The molecule has 2 N–H and O–H groups in total. The molecular weight excluding hydrogens is 454 g/mol. The van der Waals surface area contributed by atoms with Gasteiger partial charge in [-0.1, -0.05) is 60.2 Å². The molecule has 0 aliphatic heterocycles. The number of para-hydroxylation sites is 1. The van der Waals surface area contributed by atoms with E-state index in [1.807, 2.05) is 67.6 Å². The van der Waals surface area contributed by atoms with Crippen molar-refractivity contribution in [2.75, 3.05) is 25.6 Å². The summed E-state index contributed by atoms with van der Waals surface area (Å²) in [5.41, 5.74) is 3.31. The smallest absolute Gasteiger partial charge is 0.262 e. The Labute approximate surface area is 211 Å². The maximum atomic E-state index is 12.6. The van der Waals surface area contributed by atoms with Gasteiger partial charge in [-0.05, 0) is 49.6 Å². The zero-order chi connectivity index (χ0) is 25.8. The number of benzene rings is 3. The van der Waals surface area contributed by atoms with Crippen molar-refractivity contribution >= 4 is 23.6 Å². The lowest BCUT2D eigenvalue weighted by Crippen LogP contribution is -2.26. The summed E-state index contributed by atoms with van der Waals surface area (Å²) in [7, 11) is 1.48. The van der Waals surface area contributed by atoms with E-state index in [0.29, 0.717) is 23.5 Å². The molecule has 184 valence electrons. The Morgan fingerprint density at radius 1 is 1.00 bits per heavy atom. The van der Waals surface area contributed by atoms with Crippen LogP contribution in [0, 0.1) is 18.3 Å². The molecule has 0 bridgehead atoms. The molecular formula is C29H29N3O4. The molecule has 0 unspecified atom stereocenters. The second-order valence-corrected chi connectivity index (χ2v) is 8.10. The number of aryl methyl sites for hydroxylation is 2. The van der Waals surface area contributed by atoms with Crippen LogP contribution in [0.25, 0.3) is 6.08 Å². The van der Waals surface area contributed by atoms with Gasteiger partial charge in [0.15, 0.2) is 18.1 Å². The van der Waals surface area contributed by atoms with Crippen LogP contribution in [0.4, 0.5) is 5.69 Å². The van der Waals surface area contributed by atoms with Crippen LogP contribution in [-0.2, 0) is 16.0 Å². The number of nitriles is 1. The van der Waals surface area contributed by atoms with Gasteiger partial charge in [0.05, 0.1) is 7.11 Å². The van der Waals surface area contributed by atoms with E-state index in [2.05, 4.69) is 10.6 Å². The van der Waals surface area contributed by atoms with Crippen LogP contribution in [0.15, 0.2) is 78.4 Å². The fraction of sp³-hybridized carbons (Fsp3) is 0.207. The zero-order valence-corrected chi connectivity index (χ0v) is 20.4. The number of hydrogen-bond acceptors (Lipinski definition) is 5. The monoisotopic (exact) mass is 483 g/mol. The molecule has 0 spiro atoms. The minimum atomic E-state index is -0.476. The summed E-state index contributed by atoms with van der Waals surface area (Å²) in [5, 5.41) is 15.2. The molecule has 2 amide bonds. The highest BCUT2D eigenvalue weighted by Gasteiger charge is 2.15. The normalized spacial score (nSPS) is 10.8. The highest BCUT2D eigenvalue weighted by Crippen LogP contribution is 2.32. The number of anilines is 1. The summed E-state index contributed by atoms with van der Waals surface area (Å²) in [6.45, 7) is 2.13. The predicted octanol–water partition coefficient (Wildman–Crippen LogP) is 4.68. The van der Waals surface area contributed by atoms with E-state index in [4.69, 9.17) is 9.47 Å². The maximum absolute atomic E-state index is 12.6. The second kappa shape index (κ2) is 13.4. The second-order valence-electron chi connectivity index (χ2n) is 8.10. The van der Waals surface area contributed by atoms with E-state index >= 15 is 0 Å². The van der Waals surface area contributed by atoms with Gasteiger partial charge >= 0.3 is 0 Å². The summed E-state index contributed by atoms with van der Waals surface area (Å²) in [6.07, 6.45) is 3.01. The number of rotatable bonds is 11. The molecule has 0 heterocycles. The van der Waals surface area contributed by atoms with Gasteiger partial charge in [0.25, 0.3) is 11.8 Å². The first kappa shape index (κ1) is 26.0. The summed E-state index contributed by atoms with van der Waals surface area (Å²) in [6, 6.07) is 24.4. The largest absolute Gasteiger partial charge is 0.493 e. The van der Waals surface area contributed by atoms with Crippen molar-refractivity contribution in [1.82, 2.24) is 5.32 Å². The van der Waals surface area contributed by atoms with E-state index in [1.54, 1.807) is 18.2 Å². The van der Waals surface area contributed by atoms with Crippen molar-refractivity contribution in [2.45, 2.75) is 19.8 Å². The quantitative estimate of drug-likeness (QED) is 0.234. The van der Waals surface area contributed by atoms with Gasteiger partial charge in [-0.15, -0.1) is 0 Å². The van der Waals surface area contributed by atoms with Crippen LogP contribution in [-0.4, -0.2) is 32.1 Å². The molecule has 0 aliphatic rings. The van der Waals surface area contributed by atoms with Crippen molar-refractivity contribution in [3.63, 3.8) is 0 Å². The van der Waals surface area contributed by atoms with Crippen molar-refractivity contribution in [2.24, 2.45) is 0 Å². The highest BCUT2D eigenvalue weighted by molar-refractivity contribution is 6.02. The third-order valence-electron chi connectivity index (χ3n) is 5.35. The molecule has 0 radical (unpaired) electrons. The summed E-state index contributed by atoms with van der Waals surface area (Å²) < 4.78 is 11.1. The topological polar surface area (TPSA) is 100 Å². The van der Waals surface area contributed by atoms with Gasteiger partial charge in [-0.25, -0.2) is 0 Å². The number of methoxy groups -OCH3 is 1. The average molecular weight is 484 g/mol. The Morgan fingerprint density at radius 2 is 1.75 bits per heavy atom. The summed E-state index contributed by atoms with van der Waals surface area (Å²) in [5.74, 6) is -0.177. The number of carbonyl (C=O) groups is 2. The SMILES string of the molecule is COc1cccc(/C=C(/C#N)C(=O)NCCCc2ccccc2)c1OCC(=O)Nc1ccc(C)cc1.